The molecule has 6 nitrogen and oxygen atoms in total. The van der Waals surface area contributed by atoms with Crippen LogP contribution in [0.5, 0.6) is 0 Å². The molecule has 1 fully saturated rings. The summed E-state index contributed by atoms with van der Waals surface area (Å²) >= 11 is 1.47. The molecule has 0 radical (unpaired) electrons. The summed E-state index contributed by atoms with van der Waals surface area (Å²) in [6.07, 6.45) is 0. The number of carbonyl (C=O) groups excluding carboxylic acids is 1. The Balaban J connectivity index is 1.63. The molecule has 2 aliphatic heterocycles. The van der Waals surface area contributed by atoms with Gasteiger partial charge in [-0.1, -0.05) is 35.5 Å². The number of carbonyl (C=O) groups is 1. The Labute approximate surface area is 194 Å². The number of aliphatic imine (C=N–C) groups is 1. The molecular formula is C24H29N3O3S2. The zero-order chi connectivity index (χ0) is 23.2. The fourth-order valence-electron chi connectivity index (χ4n) is 4.55. The van der Waals surface area contributed by atoms with Gasteiger partial charge in [-0.05, 0) is 69.0 Å². The molecule has 0 unspecified atom stereocenters. The predicted octanol–water partition coefficient (Wildman–Crippen LogP) is 3.94. The molecule has 1 N–H and O–H groups in total. The van der Waals surface area contributed by atoms with E-state index in [0.717, 1.165) is 39.2 Å². The molecule has 0 spiro atoms. The Morgan fingerprint density at radius 3 is 2.19 bits per heavy atom. The second kappa shape index (κ2) is 8.56. The number of amidine groups is 1. The van der Waals surface area contributed by atoms with Crippen molar-refractivity contribution in [3.8, 4) is 0 Å². The van der Waals surface area contributed by atoms with Crippen LogP contribution in [0.25, 0.3) is 0 Å². The molecule has 2 atom stereocenters. The minimum atomic E-state index is -3.04. The highest BCUT2D eigenvalue weighted by atomic mass is 32.2. The van der Waals surface area contributed by atoms with E-state index in [1.165, 1.54) is 11.8 Å². The van der Waals surface area contributed by atoms with E-state index in [0.29, 0.717) is 5.17 Å². The first kappa shape index (κ1) is 22.9. The molecule has 0 saturated carbocycles. The third-order valence-electron chi connectivity index (χ3n) is 5.80. The predicted molar refractivity (Wildman–Crippen MR) is 134 cm³/mol. The average Bonchev–Trinajstić information content (AvgIpc) is 3.15. The molecule has 0 bridgehead atoms. The van der Waals surface area contributed by atoms with Crippen molar-refractivity contribution < 1.29 is 13.2 Å². The highest BCUT2D eigenvalue weighted by Gasteiger charge is 2.44. The number of aryl methyl sites for hydroxylation is 5. The molecule has 2 aliphatic rings. The average molecular weight is 472 g/mol. The van der Waals surface area contributed by atoms with Crippen LogP contribution in [0.1, 0.15) is 27.8 Å². The van der Waals surface area contributed by atoms with Gasteiger partial charge in [-0.25, -0.2) is 8.42 Å². The van der Waals surface area contributed by atoms with Gasteiger partial charge in [-0.3, -0.25) is 9.79 Å². The van der Waals surface area contributed by atoms with Gasteiger partial charge in [-0.2, -0.15) is 0 Å². The van der Waals surface area contributed by atoms with E-state index in [4.69, 9.17) is 4.99 Å². The highest BCUT2D eigenvalue weighted by molar-refractivity contribution is 8.15. The van der Waals surface area contributed by atoms with Crippen LogP contribution in [-0.2, 0) is 14.6 Å². The van der Waals surface area contributed by atoms with Gasteiger partial charge in [0, 0.05) is 16.6 Å². The zero-order valence-electron chi connectivity index (χ0n) is 19.1. The summed E-state index contributed by atoms with van der Waals surface area (Å²) in [7, 11) is -3.04. The maximum Gasteiger partial charge on any atom is 0.244 e. The zero-order valence-corrected chi connectivity index (χ0v) is 20.7. The molecule has 0 aromatic heterocycles. The van der Waals surface area contributed by atoms with Crippen molar-refractivity contribution in [2.24, 2.45) is 4.99 Å². The maximum atomic E-state index is 13.1. The van der Waals surface area contributed by atoms with E-state index < -0.39 is 9.84 Å². The summed E-state index contributed by atoms with van der Waals surface area (Å²) in [6.45, 7) is 10.2. The van der Waals surface area contributed by atoms with E-state index in [9.17, 15) is 13.2 Å². The third-order valence-corrected chi connectivity index (χ3v) is 9.04. The number of benzene rings is 2. The number of fused-ring (bicyclic) bond motifs is 1. The van der Waals surface area contributed by atoms with Gasteiger partial charge in [0.1, 0.15) is 6.54 Å². The van der Waals surface area contributed by atoms with Crippen molar-refractivity contribution in [3.05, 3.63) is 58.1 Å². The van der Waals surface area contributed by atoms with Crippen LogP contribution in [0.4, 0.5) is 11.4 Å². The molecule has 0 aliphatic carbocycles. The van der Waals surface area contributed by atoms with Gasteiger partial charge in [-0.15, -0.1) is 0 Å². The van der Waals surface area contributed by atoms with E-state index >= 15 is 0 Å². The molecule has 1 saturated heterocycles. The lowest BCUT2D eigenvalue weighted by atomic mass is 10.1. The SMILES string of the molecule is Cc1cc(C)cc(N(CC(=O)Nc2c(C)cc(C)cc2C)C2=N[C@@H]3CS(=O)(=O)C[C@@H]3S2)c1. The van der Waals surface area contributed by atoms with Crippen LogP contribution >= 0.6 is 11.8 Å². The van der Waals surface area contributed by atoms with Gasteiger partial charge in [0.25, 0.3) is 0 Å². The van der Waals surface area contributed by atoms with Crippen LogP contribution in [-0.4, -0.2) is 48.8 Å². The van der Waals surface area contributed by atoms with Crippen molar-refractivity contribution in [2.45, 2.75) is 45.9 Å². The lowest BCUT2D eigenvalue weighted by Crippen LogP contribution is -2.37. The fraction of sp³-hybridized carbons (Fsp3) is 0.417. The number of thioether (sulfide) groups is 1. The first-order valence-corrected chi connectivity index (χ1v) is 13.4. The molecular weight excluding hydrogens is 442 g/mol. The molecule has 1 amide bonds. The van der Waals surface area contributed by atoms with E-state index in [1.807, 2.05) is 51.7 Å². The highest BCUT2D eigenvalue weighted by Crippen LogP contribution is 2.37. The molecule has 32 heavy (non-hydrogen) atoms. The number of nitrogens with one attached hydrogen (secondary N) is 1. The lowest BCUT2D eigenvalue weighted by molar-refractivity contribution is -0.114. The summed E-state index contributed by atoms with van der Waals surface area (Å²) in [4.78, 5) is 19.8. The van der Waals surface area contributed by atoms with E-state index in [2.05, 4.69) is 23.5 Å². The van der Waals surface area contributed by atoms with Crippen molar-refractivity contribution >= 4 is 44.0 Å². The first-order valence-electron chi connectivity index (χ1n) is 10.7. The van der Waals surface area contributed by atoms with Crippen LogP contribution in [0, 0.1) is 34.6 Å². The number of sulfone groups is 1. The summed E-state index contributed by atoms with van der Waals surface area (Å²) in [5, 5.41) is 3.72. The summed E-state index contributed by atoms with van der Waals surface area (Å²) in [5.41, 5.74) is 7.15. The van der Waals surface area contributed by atoms with Crippen LogP contribution in [0.2, 0.25) is 0 Å². The first-order chi connectivity index (χ1) is 15.0. The van der Waals surface area contributed by atoms with Gasteiger partial charge < -0.3 is 10.2 Å². The smallest absolute Gasteiger partial charge is 0.244 e. The Kier molecular flexibility index (Phi) is 6.11. The Morgan fingerprint density at radius 1 is 1.00 bits per heavy atom. The van der Waals surface area contributed by atoms with E-state index in [-0.39, 0.29) is 35.2 Å². The maximum absolute atomic E-state index is 13.1. The third kappa shape index (κ3) is 4.86. The second-order valence-corrected chi connectivity index (χ2v) is 12.3. The summed E-state index contributed by atoms with van der Waals surface area (Å²) < 4.78 is 24.0. The van der Waals surface area contributed by atoms with Crippen molar-refractivity contribution in [1.29, 1.82) is 0 Å². The Bertz CT molecular complexity index is 1180. The Morgan fingerprint density at radius 2 is 1.59 bits per heavy atom. The molecule has 2 aromatic rings. The van der Waals surface area contributed by atoms with Crippen LogP contribution < -0.4 is 10.2 Å². The van der Waals surface area contributed by atoms with Crippen LogP contribution in [0.3, 0.4) is 0 Å². The Hall–Kier alpha value is -2.32. The molecule has 2 aromatic carbocycles. The quantitative estimate of drug-likeness (QED) is 0.731. The molecule has 4 rings (SSSR count). The van der Waals surface area contributed by atoms with Crippen molar-refractivity contribution in [1.82, 2.24) is 0 Å². The summed E-state index contributed by atoms with van der Waals surface area (Å²) in [6, 6.07) is 10.0. The van der Waals surface area contributed by atoms with Crippen molar-refractivity contribution in [2.75, 3.05) is 28.3 Å². The van der Waals surface area contributed by atoms with Gasteiger partial charge in [0.15, 0.2) is 15.0 Å². The number of hydrogen-bond acceptors (Lipinski definition) is 6. The lowest BCUT2D eigenvalue weighted by Gasteiger charge is -2.25. The minimum Gasteiger partial charge on any atom is -0.324 e. The molecule has 2 heterocycles. The minimum absolute atomic E-state index is 0.0759. The van der Waals surface area contributed by atoms with Crippen LogP contribution in [0.15, 0.2) is 35.3 Å². The number of amides is 1. The molecule has 8 heteroatoms. The topological polar surface area (TPSA) is 78.8 Å². The van der Waals surface area contributed by atoms with E-state index in [1.54, 1.807) is 0 Å². The van der Waals surface area contributed by atoms with Gasteiger partial charge >= 0.3 is 0 Å². The normalized spacial score (nSPS) is 21.2. The second-order valence-electron chi connectivity index (χ2n) is 8.97. The number of anilines is 2. The number of rotatable bonds is 4. The van der Waals surface area contributed by atoms with Crippen molar-refractivity contribution in [3.63, 3.8) is 0 Å². The number of hydrogen-bond donors (Lipinski definition) is 1. The largest absolute Gasteiger partial charge is 0.324 e. The van der Waals surface area contributed by atoms with Gasteiger partial charge in [0.2, 0.25) is 5.91 Å². The standard InChI is InChI=1S/C24H29N3O3S2/c1-14-6-15(2)10-19(9-14)27(24-25-20-12-32(29,30)13-21(20)31-24)11-22(28)26-23-17(4)7-16(3)8-18(23)5/h6-10,20-21H,11-13H2,1-5H3,(H,26,28)/t20-,21+/m1/s1. The fourth-order valence-corrected chi connectivity index (χ4v) is 8.33. The number of nitrogens with zero attached hydrogens (tertiary/aromatic N) is 2. The van der Waals surface area contributed by atoms with Gasteiger partial charge in [0.05, 0.1) is 17.5 Å². The summed E-state index contributed by atoms with van der Waals surface area (Å²) in [5.74, 6) is 0.0967. The molecule has 170 valence electrons. The monoisotopic (exact) mass is 471 g/mol.